The van der Waals surface area contributed by atoms with Gasteiger partial charge < -0.3 is 4.74 Å². The molecule has 4 nitrogen and oxygen atoms in total. The standard InChI is InChI=1S/C26H42F4O4S/c1-5-7-9-11-12-14-16-19(4)20(18(3)15-13-10-8-6-2)17-34-25-21(27)23(29)26(35(31,32)33)24(30)22(25)28/h18-20H,5-17H2,1-4H3,(H,31,32,33). The van der Waals surface area contributed by atoms with Crippen molar-refractivity contribution in [2.45, 2.75) is 110 Å². The molecule has 1 aromatic carbocycles. The molecule has 0 aliphatic rings. The van der Waals surface area contributed by atoms with Crippen molar-refractivity contribution in [1.82, 2.24) is 0 Å². The number of halogens is 4. The summed E-state index contributed by atoms with van der Waals surface area (Å²) < 4.78 is 93.8. The molecule has 35 heavy (non-hydrogen) atoms. The van der Waals surface area contributed by atoms with Gasteiger partial charge in [-0.2, -0.15) is 17.2 Å². The van der Waals surface area contributed by atoms with Gasteiger partial charge in [0.15, 0.2) is 22.3 Å². The van der Waals surface area contributed by atoms with Crippen molar-refractivity contribution in [3.05, 3.63) is 23.3 Å². The van der Waals surface area contributed by atoms with Crippen LogP contribution in [-0.2, 0) is 10.1 Å². The van der Waals surface area contributed by atoms with Gasteiger partial charge in [-0.25, -0.2) is 8.78 Å². The molecule has 0 aliphatic carbocycles. The van der Waals surface area contributed by atoms with Crippen LogP contribution in [0.3, 0.4) is 0 Å². The smallest absolute Gasteiger partial charge is 0.300 e. The highest BCUT2D eigenvalue weighted by atomic mass is 32.2. The first-order valence-electron chi connectivity index (χ1n) is 12.9. The minimum Gasteiger partial charge on any atom is -0.487 e. The zero-order valence-corrected chi connectivity index (χ0v) is 22.3. The van der Waals surface area contributed by atoms with Crippen molar-refractivity contribution in [3.63, 3.8) is 0 Å². The van der Waals surface area contributed by atoms with Crippen molar-refractivity contribution in [2.24, 2.45) is 17.8 Å². The molecule has 9 heteroatoms. The van der Waals surface area contributed by atoms with E-state index in [1.807, 2.05) is 6.92 Å². The summed E-state index contributed by atoms with van der Waals surface area (Å²) in [6.07, 6.45) is 12.9. The fourth-order valence-electron chi connectivity index (χ4n) is 4.58. The van der Waals surface area contributed by atoms with Crippen LogP contribution in [0.5, 0.6) is 5.75 Å². The molecule has 1 N–H and O–H groups in total. The molecule has 0 spiro atoms. The maximum absolute atomic E-state index is 14.4. The minimum absolute atomic E-state index is 0.113. The van der Waals surface area contributed by atoms with Gasteiger partial charge in [0.25, 0.3) is 0 Å². The van der Waals surface area contributed by atoms with Crippen molar-refractivity contribution in [3.8, 4) is 5.75 Å². The summed E-state index contributed by atoms with van der Waals surface area (Å²) in [7, 11) is -5.50. The molecule has 204 valence electrons. The zero-order chi connectivity index (χ0) is 26.6. The van der Waals surface area contributed by atoms with E-state index in [0.29, 0.717) is 0 Å². The van der Waals surface area contributed by atoms with Crippen LogP contribution in [0, 0.1) is 41.0 Å². The van der Waals surface area contributed by atoms with Crippen LogP contribution < -0.4 is 4.74 Å². The van der Waals surface area contributed by atoms with Crippen molar-refractivity contribution in [1.29, 1.82) is 0 Å². The molecule has 0 aromatic heterocycles. The molecule has 0 bridgehead atoms. The molecule has 0 fully saturated rings. The van der Waals surface area contributed by atoms with Gasteiger partial charge in [0, 0.05) is 0 Å². The third kappa shape index (κ3) is 9.90. The molecule has 0 heterocycles. The van der Waals surface area contributed by atoms with Crippen molar-refractivity contribution >= 4 is 10.1 Å². The summed E-state index contributed by atoms with van der Waals surface area (Å²) in [5.41, 5.74) is 0. The normalized spacial score (nSPS) is 14.7. The Labute approximate surface area is 208 Å². The third-order valence-corrected chi connectivity index (χ3v) is 7.72. The lowest BCUT2D eigenvalue weighted by Gasteiger charge is -2.30. The number of benzene rings is 1. The number of unbranched alkanes of at least 4 members (excludes halogenated alkanes) is 8. The maximum Gasteiger partial charge on any atom is 0.300 e. The van der Waals surface area contributed by atoms with Crippen LogP contribution in [0.4, 0.5) is 17.6 Å². The fraction of sp³-hybridized carbons (Fsp3) is 0.769. The largest absolute Gasteiger partial charge is 0.487 e. The van der Waals surface area contributed by atoms with Crippen LogP contribution in [0.2, 0.25) is 0 Å². The average Bonchev–Trinajstić information content (AvgIpc) is 2.79. The topological polar surface area (TPSA) is 63.6 Å². The highest BCUT2D eigenvalue weighted by Gasteiger charge is 2.34. The van der Waals surface area contributed by atoms with Crippen LogP contribution in [0.1, 0.15) is 105 Å². The van der Waals surface area contributed by atoms with E-state index >= 15 is 0 Å². The number of rotatable bonds is 18. The Bertz CT molecular complexity index is 848. The second-order valence-electron chi connectivity index (χ2n) is 9.72. The van der Waals surface area contributed by atoms with Crippen LogP contribution in [-0.4, -0.2) is 19.6 Å². The molecule has 0 aliphatic heterocycles. The maximum atomic E-state index is 14.4. The summed E-state index contributed by atoms with van der Waals surface area (Å²) >= 11 is 0. The summed E-state index contributed by atoms with van der Waals surface area (Å²) in [6, 6.07) is 0. The molecule has 0 saturated heterocycles. The van der Waals surface area contributed by atoms with E-state index in [2.05, 4.69) is 20.8 Å². The lowest BCUT2D eigenvalue weighted by Crippen LogP contribution is -2.27. The predicted molar refractivity (Wildman–Crippen MR) is 130 cm³/mol. The predicted octanol–water partition coefficient (Wildman–Crippen LogP) is 8.48. The molecular formula is C26H42F4O4S. The lowest BCUT2D eigenvalue weighted by atomic mass is 9.79. The van der Waals surface area contributed by atoms with Gasteiger partial charge >= 0.3 is 10.1 Å². The summed E-state index contributed by atoms with van der Waals surface area (Å²) in [6.45, 7) is 8.22. The zero-order valence-electron chi connectivity index (χ0n) is 21.5. The molecule has 0 saturated carbocycles. The Hall–Kier alpha value is -1.35. The van der Waals surface area contributed by atoms with E-state index in [0.717, 1.165) is 57.8 Å². The molecule has 0 radical (unpaired) electrons. The monoisotopic (exact) mass is 526 g/mol. The van der Waals surface area contributed by atoms with Gasteiger partial charge in [0.05, 0.1) is 6.61 Å². The van der Waals surface area contributed by atoms with Crippen LogP contribution in [0.15, 0.2) is 4.90 Å². The number of ether oxygens (including phenoxy) is 1. The molecular weight excluding hydrogens is 484 g/mol. The van der Waals surface area contributed by atoms with E-state index in [1.54, 1.807) is 0 Å². The molecule has 0 amide bonds. The van der Waals surface area contributed by atoms with E-state index in [-0.39, 0.29) is 24.4 Å². The number of hydrogen-bond acceptors (Lipinski definition) is 3. The molecule has 1 aromatic rings. The summed E-state index contributed by atoms with van der Waals surface area (Å²) in [4.78, 5) is -2.06. The molecule has 1 rings (SSSR count). The van der Waals surface area contributed by atoms with Gasteiger partial charge in [0.1, 0.15) is 0 Å². The highest BCUT2D eigenvalue weighted by molar-refractivity contribution is 7.85. The first kappa shape index (κ1) is 31.7. The Morgan fingerprint density at radius 3 is 1.54 bits per heavy atom. The van der Waals surface area contributed by atoms with Gasteiger partial charge in [-0.1, -0.05) is 105 Å². The Balaban J connectivity index is 3.00. The van der Waals surface area contributed by atoms with Crippen molar-refractivity contribution in [2.75, 3.05) is 6.61 Å². The van der Waals surface area contributed by atoms with Crippen LogP contribution in [0.25, 0.3) is 0 Å². The summed E-state index contributed by atoms with van der Waals surface area (Å²) in [5.74, 6) is -9.47. The Morgan fingerprint density at radius 2 is 1.11 bits per heavy atom. The van der Waals surface area contributed by atoms with E-state index in [1.165, 1.54) is 19.3 Å². The first-order chi connectivity index (χ1) is 16.5. The SMILES string of the molecule is CCCCCCCCC(C)C(COc1c(F)c(F)c(S(=O)(=O)O)c(F)c1F)C(C)CCCCCC. The van der Waals surface area contributed by atoms with Crippen molar-refractivity contribution < 1.29 is 35.3 Å². The minimum atomic E-state index is -5.50. The first-order valence-corrected chi connectivity index (χ1v) is 14.4. The quantitative estimate of drug-likeness (QED) is 0.0902. The molecule has 3 atom stereocenters. The fourth-order valence-corrected chi connectivity index (χ4v) is 5.21. The highest BCUT2D eigenvalue weighted by Crippen LogP contribution is 2.35. The van der Waals surface area contributed by atoms with Crippen LogP contribution >= 0.6 is 0 Å². The Kier molecular flexibility index (Phi) is 14.2. The second-order valence-corrected chi connectivity index (χ2v) is 11.1. The van der Waals surface area contributed by atoms with E-state index < -0.39 is 44.0 Å². The average molecular weight is 527 g/mol. The number of hydrogen-bond donors (Lipinski definition) is 1. The Morgan fingerprint density at radius 1 is 0.714 bits per heavy atom. The van der Waals surface area contributed by atoms with Gasteiger partial charge in [0.2, 0.25) is 11.6 Å². The van der Waals surface area contributed by atoms with E-state index in [4.69, 9.17) is 9.29 Å². The molecule has 3 unspecified atom stereocenters. The van der Waals surface area contributed by atoms with Gasteiger partial charge in [-0.15, -0.1) is 0 Å². The third-order valence-electron chi connectivity index (χ3n) is 6.85. The van der Waals surface area contributed by atoms with Gasteiger partial charge in [-0.05, 0) is 17.8 Å². The van der Waals surface area contributed by atoms with E-state index in [9.17, 15) is 26.0 Å². The second kappa shape index (κ2) is 15.7. The summed E-state index contributed by atoms with van der Waals surface area (Å²) in [5, 5.41) is 0. The lowest BCUT2D eigenvalue weighted by molar-refractivity contribution is 0.127. The van der Waals surface area contributed by atoms with Gasteiger partial charge in [-0.3, -0.25) is 4.55 Å².